The third-order valence-corrected chi connectivity index (χ3v) is 8.20. The molecule has 5 heteroatoms. The standard InChI is InChI=1S/C26H26N2OS2/c1-17-11-13-20(14-12-17)28-25(29)23-22-18(2)7-6-10-21(22)31-24(23)27-26(28)30-16-15-19-8-4-3-5-9-19/h3-5,8-9,11-14,18H,6-7,10,15-16H2,1-2H3/t18-/m1/s1. The first-order valence-corrected chi connectivity index (χ1v) is 12.7. The summed E-state index contributed by atoms with van der Waals surface area (Å²) < 4.78 is 1.84. The Morgan fingerprint density at radius 2 is 1.90 bits per heavy atom. The maximum atomic E-state index is 13.9. The van der Waals surface area contributed by atoms with Crippen molar-refractivity contribution in [2.75, 3.05) is 5.75 Å². The highest BCUT2D eigenvalue weighted by atomic mass is 32.2. The van der Waals surface area contributed by atoms with E-state index < -0.39 is 0 Å². The van der Waals surface area contributed by atoms with Gasteiger partial charge in [-0.25, -0.2) is 4.98 Å². The molecule has 0 bridgehead atoms. The first kappa shape index (κ1) is 20.5. The van der Waals surface area contributed by atoms with E-state index in [1.165, 1.54) is 28.0 Å². The molecule has 2 heterocycles. The van der Waals surface area contributed by atoms with Crippen LogP contribution in [0.15, 0.2) is 64.5 Å². The van der Waals surface area contributed by atoms with Crippen LogP contribution in [-0.4, -0.2) is 15.3 Å². The molecule has 2 aromatic carbocycles. The van der Waals surface area contributed by atoms with Crippen molar-refractivity contribution < 1.29 is 0 Å². The SMILES string of the molecule is Cc1ccc(-n2c(SCCc3ccccc3)nc3sc4c(c3c2=O)[C@H](C)CCC4)cc1. The summed E-state index contributed by atoms with van der Waals surface area (Å²) in [6, 6.07) is 18.7. The molecule has 3 nitrogen and oxygen atoms in total. The number of hydrogen-bond donors (Lipinski definition) is 0. The lowest BCUT2D eigenvalue weighted by molar-refractivity contribution is 0.601. The number of aromatic nitrogens is 2. The molecule has 0 N–H and O–H groups in total. The van der Waals surface area contributed by atoms with E-state index in [9.17, 15) is 4.79 Å². The number of fused-ring (bicyclic) bond motifs is 3. The van der Waals surface area contributed by atoms with Gasteiger partial charge in [0.15, 0.2) is 5.16 Å². The second-order valence-corrected chi connectivity index (χ2v) is 10.5. The van der Waals surface area contributed by atoms with Crippen LogP contribution in [0.3, 0.4) is 0 Å². The lowest BCUT2D eigenvalue weighted by Gasteiger charge is -2.19. The predicted molar refractivity (Wildman–Crippen MR) is 132 cm³/mol. The topological polar surface area (TPSA) is 34.9 Å². The molecule has 0 fully saturated rings. The highest BCUT2D eigenvalue weighted by Gasteiger charge is 2.26. The highest BCUT2D eigenvalue weighted by Crippen LogP contribution is 2.41. The highest BCUT2D eigenvalue weighted by molar-refractivity contribution is 7.99. The van der Waals surface area contributed by atoms with Crippen LogP contribution in [0.25, 0.3) is 15.9 Å². The molecular formula is C26H26N2OS2. The van der Waals surface area contributed by atoms with Gasteiger partial charge in [-0.2, -0.15) is 0 Å². The number of aryl methyl sites for hydroxylation is 3. The van der Waals surface area contributed by atoms with Crippen molar-refractivity contribution in [1.82, 2.24) is 9.55 Å². The maximum absolute atomic E-state index is 13.9. The van der Waals surface area contributed by atoms with Crippen LogP contribution in [0.2, 0.25) is 0 Å². The average Bonchev–Trinajstić information content (AvgIpc) is 3.16. The van der Waals surface area contributed by atoms with Crippen molar-refractivity contribution in [1.29, 1.82) is 0 Å². The minimum atomic E-state index is 0.0855. The summed E-state index contributed by atoms with van der Waals surface area (Å²) in [6.45, 7) is 4.32. The van der Waals surface area contributed by atoms with Crippen LogP contribution in [0.4, 0.5) is 0 Å². The monoisotopic (exact) mass is 446 g/mol. The van der Waals surface area contributed by atoms with E-state index in [1.54, 1.807) is 23.1 Å². The zero-order valence-corrected chi connectivity index (χ0v) is 19.6. The van der Waals surface area contributed by atoms with E-state index in [0.29, 0.717) is 5.92 Å². The molecule has 2 aromatic heterocycles. The van der Waals surface area contributed by atoms with E-state index >= 15 is 0 Å². The van der Waals surface area contributed by atoms with Gasteiger partial charge in [-0.05, 0) is 61.8 Å². The van der Waals surface area contributed by atoms with Crippen LogP contribution in [0, 0.1) is 6.92 Å². The third kappa shape index (κ3) is 3.97. The fourth-order valence-corrected chi connectivity index (χ4v) is 6.82. The zero-order chi connectivity index (χ0) is 21.4. The van der Waals surface area contributed by atoms with Gasteiger partial charge in [-0.15, -0.1) is 11.3 Å². The van der Waals surface area contributed by atoms with Gasteiger partial charge in [0.05, 0.1) is 11.1 Å². The number of nitrogens with zero attached hydrogens (tertiary/aromatic N) is 2. The molecule has 5 rings (SSSR count). The molecular weight excluding hydrogens is 420 g/mol. The number of benzene rings is 2. The summed E-state index contributed by atoms with van der Waals surface area (Å²) >= 11 is 3.41. The molecule has 158 valence electrons. The van der Waals surface area contributed by atoms with E-state index in [0.717, 1.165) is 46.1 Å². The van der Waals surface area contributed by atoms with Gasteiger partial charge in [0.2, 0.25) is 0 Å². The Kier molecular flexibility index (Phi) is 5.72. The van der Waals surface area contributed by atoms with Crippen molar-refractivity contribution >= 4 is 33.3 Å². The fraction of sp³-hybridized carbons (Fsp3) is 0.308. The van der Waals surface area contributed by atoms with Crippen molar-refractivity contribution in [2.24, 2.45) is 0 Å². The normalized spacial score (nSPS) is 15.9. The van der Waals surface area contributed by atoms with E-state index in [2.05, 4.69) is 50.2 Å². The number of hydrogen-bond acceptors (Lipinski definition) is 4. The fourth-order valence-electron chi connectivity index (χ4n) is 4.44. The van der Waals surface area contributed by atoms with E-state index in [1.807, 2.05) is 22.8 Å². The van der Waals surface area contributed by atoms with Crippen LogP contribution in [0.1, 0.15) is 47.3 Å². The molecule has 31 heavy (non-hydrogen) atoms. The van der Waals surface area contributed by atoms with Crippen LogP contribution in [-0.2, 0) is 12.8 Å². The Morgan fingerprint density at radius 3 is 2.68 bits per heavy atom. The molecule has 0 amide bonds. The number of thioether (sulfide) groups is 1. The maximum Gasteiger partial charge on any atom is 0.267 e. The molecule has 0 saturated heterocycles. The molecule has 1 atom stereocenters. The van der Waals surface area contributed by atoms with Gasteiger partial charge in [-0.1, -0.05) is 66.7 Å². The summed E-state index contributed by atoms with van der Waals surface area (Å²) in [5, 5.41) is 1.64. The number of rotatable bonds is 5. The van der Waals surface area contributed by atoms with Crippen LogP contribution >= 0.6 is 23.1 Å². The van der Waals surface area contributed by atoms with Crippen molar-refractivity contribution in [3.8, 4) is 5.69 Å². The summed E-state index contributed by atoms with van der Waals surface area (Å²) in [4.78, 5) is 21.2. The van der Waals surface area contributed by atoms with E-state index in [-0.39, 0.29) is 5.56 Å². The van der Waals surface area contributed by atoms with Gasteiger partial charge >= 0.3 is 0 Å². The molecule has 0 radical (unpaired) electrons. The first-order chi connectivity index (χ1) is 15.1. The van der Waals surface area contributed by atoms with Crippen LogP contribution in [0.5, 0.6) is 0 Å². The molecule has 4 aromatic rings. The molecule has 1 aliphatic rings. The molecule has 0 aliphatic heterocycles. The summed E-state index contributed by atoms with van der Waals surface area (Å²) in [6.07, 6.45) is 4.37. The van der Waals surface area contributed by atoms with Gasteiger partial charge in [-0.3, -0.25) is 9.36 Å². The lowest BCUT2D eigenvalue weighted by Crippen LogP contribution is -2.22. The van der Waals surface area contributed by atoms with Gasteiger partial charge in [0.25, 0.3) is 5.56 Å². The Morgan fingerprint density at radius 1 is 1.13 bits per heavy atom. The molecule has 0 unspecified atom stereocenters. The molecule has 0 saturated carbocycles. The van der Waals surface area contributed by atoms with Crippen molar-refractivity contribution in [3.05, 3.63) is 86.5 Å². The second-order valence-electron chi connectivity index (χ2n) is 8.37. The zero-order valence-electron chi connectivity index (χ0n) is 17.9. The third-order valence-electron chi connectivity index (χ3n) is 6.10. The Labute approximate surface area is 191 Å². The Bertz CT molecular complexity index is 1270. The minimum Gasteiger partial charge on any atom is -0.268 e. The van der Waals surface area contributed by atoms with Gasteiger partial charge in [0, 0.05) is 10.6 Å². The summed E-state index contributed by atoms with van der Waals surface area (Å²) in [5.74, 6) is 1.31. The average molecular weight is 447 g/mol. The van der Waals surface area contributed by atoms with Crippen molar-refractivity contribution in [2.45, 2.75) is 50.6 Å². The first-order valence-electron chi connectivity index (χ1n) is 10.9. The molecule has 0 spiro atoms. The Hall–Kier alpha value is -2.37. The van der Waals surface area contributed by atoms with Gasteiger partial charge in [0.1, 0.15) is 4.83 Å². The minimum absolute atomic E-state index is 0.0855. The Balaban J connectivity index is 1.61. The smallest absolute Gasteiger partial charge is 0.267 e. The summed E-state index contributed by atoms with van der Waals surface area (Å²) in [5.41, 5.74) is 4.73. The largest absolute Gasteiger partial charge is 0.268 e. The van der Waals surface area contributed by atoms with Gasteiger partial charge < -0.3 is 0 Å². The number of thiophene rings is 1. The molecule has 1 aliphatic carbocycles. The van der Waals surface area contributed by atoms with E-state index in [4.69, 9.17) is 4.98 Å². The second kappa shape index (κ2) is 8.64. The lowest BCUT2D eigenvalue weighted by atomic mass is 9.88. The summed E-state index contributed by atoms with van der Waals surface area (Å²) in [7, 11) is 0. The van der Waals surface area contributed by atoms with Crippen molar-refractivity contribution in [3.63, 3.8) is 0 Å². The van der Waals surface area contributed by atoms with Crippen LogP contribution < -0.4 is 5.56 Å². The predicted octanol–water partition coefficient (Wildman–Crippen LogP) is 6.53. The quantitative estimate of drug-likeness (QED) is 0.258.